The molecule has 1 aliphatic rings. The van der Waals surface area contributed by atoms with E-state index in [4.69, 9.17) is 4.74 Å². The summed E-state index contributed by atoms with van der Waals surface area (Å²) in [6, 6.07) is 13.6. The summed E-state index contributed by atoms with van der Waals surface area (Å²) in [7, 11) is 1.50. The minimum Gasteiger partial charge on any atom is -0.496 e. The van der Waals surface area contributed by atoms with Gasteiger partial charge in [0.05, 0.1) is 12.7 Å². The predicted octanol–water partition coefficient (Wildman–Crippen LogP) is 3.21. The Labute approximate surface area is 182 Å². The summed E-state index contributed by atoms with van der Waals surface area (Å²) in [6.07, 6.45) is 1.48. The number of likely N-dealkylation sites (tertiary alicyclic amines) is 1. The highest BCUT2D eigenvalue weighted by Gasteiger charge is 2.26. The molecule has 0 radical (unpaired) electrons. The highest BCUT2D eigenvalue weighted by Crippen LogP contribution is 2.19. The van der Waals surface area contributed by atoms with Crippen LogP contribution in [0.15, 0.2) is 48.5 Å². The summed E-state index contributed by atoms with van der Waals surface area (Å²) in [4.78, 5) is 39.4. The highest BCUT2D eigenvalue weighted by molar-refractivity contribution is 6.02. The first kappa shape index (κ1) is 22.3. The van der Waals surface area contributed by atoms with Crippen molar-refractivity contribution in [2.45, 2.75) is 39.3 Å². The number of ether oxygens (including phenoxy) is 1. The highest BCUT2D eigenvalue weighted by atomic mass is 16.5. The van der Waals surface area contributed by atoms with Gasteiger partial charge in [0.25, 0.3) is 5.91 Å². The molecule has 31 heavy (non-hydrogen) atoms. The Kier molecular flexibility index (Phi) is 7.28. The lowest BCUT2D eigenvalue weighted by atomic mass is 10.0. The van der Waals surface area contributed by atoms with Gasteiger partial charge in [-0.15, -0.1) is 0 Å². The lowest BCUT2D eigenvalue weighted by Crippen LogP contribution is -2.47. The van der Waals surface area contributed by atoms with E-state index in [9.17, 15) is 14.4 Å². The van der Waals surface area contributed by atoms with Crippen molar-refractivity contribution < 1.29 is 19.1 Å². The topological polar surface area (TPSA) is 87.7 Å². The van der Waals surface area contributed by atoms with Gasteiger partial charge in [-0.1, -0.05) is 38.1 Å². The van der Waals surface area contributed by atoms with Gasteiger partial charge in [-0.25, -0.2) is 0 Å². The van der Waals surface area contributed by atoms with Gasteiger partial charge in [0.1, 0.15) is 11.8 Å². The normalized spacial score (nSPS) is 14.5. The first-order valence-corrected chi connectivity index (χ1v) is 10.5. The zero-order valence-electron chi connectivity index (χ0n) is 18.2. The van der Waals surface area contributed by atoms with Crippen molar-refractivity contribution in [3.05, 3.63) is 59.7 Å². The Balaban J connectivity index is 1.68. The number of nitrogens with zero attached hydrogens (tertiary/aromatic N) is 1. The fourth-order valence-corrected chi connectivity index (χ4v) is 3.65. The van der Waals surface area contributed by atoms with Crippen LogP contribution in [0.1, 0.15) is 42.6 Å². The minimum atomic E-state index is -0.721. The molecule has 7 nitrogen and oxygen atoms in total. The first-order valence-electron chi connectivity index (χ1n) is 10.5. The molecule has 7 heteroatoms. The Morgan fingerprint density at radius 2 is 1.90 bits per heavy atom. The second-order valence-electron chi connectivity index (χ2n) is 8.00. The van der Waals surface area contributed by atoms with Crippen molar-refractivity contribution in [2.24, 2.45) is 5.92 Å². The average molecular weight is 424 g/mol. The third-order valence-corrected chi connectivity index (χ3v) is 5.33. The van der Waals surface area contributed by atoms with Gasteiger partial charge in [-0.2, -0.15) is 0 Å². The molecule has 1 aliphatic heterocycles. The number of carbonyl (C=O) groups is 3. The minimum absolute atomic E-state index is 0.121. The standard InChI is InChI=1S/C24H29N3O4/c1-16(2)22(26-23(29)19-10-4-5-11-20(19)31-3)24(30)25-18-9-6-8-17(14-18)15-27-13-7-12-21(27)28/h4-6,8-11,14,16,22H,7,12-13,15H2,1-3H3,(H,25,30)(H,26,29). The third-order valence-electron chi connectivity index (χ3n) is 5.33. The molecular formula is C24H29N3O4. The number of rotatable bonds is 8. The number of para-hydroxylation sites is 1. The number of amides is 3. The summed E-state index contributed by atoms with van der Waals surface area (Å²) < 4.78 is 5.25. The van der Waals surface area contributed by atoms with Crippen molar-refractivity contribution in [2.75, 3.05) is 19.0 Å². The molecule has 3 amide bonds. The summed E-state index contributed by atoms with van der Waals surface area (Å²) >= 11 is 0. The van der Waals surface area contributed by atoms with Crippen molar-refractivity contribution in [1.29, 1.82) is 0 Å². The van der Waals surface area contributed by atoms with E-state index in [0.29, 0.717) is 30.0 Å². The van der Waals surface area contributed by atoms with Crippen LogP contribution in [0, 0.1) is 5.92 Å². The zero-order valence-corrected chi connectivity index (χ0v) is 18.2. The predicted molar refractivity (Wildman–Crippen MR) is 119 cm³/mol. The summed E-state index contributed by atoms with van der Waals surface area (Å²) in [5, 5.41) is 5.72. The second kappa shape index (κ2) is 10.1. The monoisotopic (exact) mass is 423 g/mol. The van der Waals surface area contributed by atoms with Crippen LogP contribution in [0.3, 0.4) is 0 Å². The van der Waals surface area contributed by atoms with Crippen LogP contribution >= 0.6 is 0 Å². The largest absolute Gasteiger partial charge is 0.496 e. The van der Waals surface area contributed by atoms with Crippen LogP contribution in [0.2, 0.25) is 0 Å². The molecule has 164 valence electrons. The maximum Gasteiger partial charge on any atom is 0.255 e. The molecule has 0 aliphatic carbocycles. The Hall–Kier alpha value is -3.35. The second-order valence-corrected chi connectivity index (χ2v) is 8.00. The summed E-state index contributed by atoms with van der Waals surface area (Å²) in [5.74, 6) is -0.176. The molecule has 0 bridgehead atoms. The fourth-order valence-electron chi connectivity index (χ4n) is 3.65. The number of benzene rings is 2. The molecule has 2 aromatic rings. The Morgan fingerprint density at radius 1 is 1.13 bits per heavy atom. The van der Waals surface area contributed by atoms with Gasteiger partial charge in [0.2, 0.25) is 11.8 Å². The lowest BCUT2D eigenvalue weighted by Gasteiger charge is -2.22. The first-order chi connectivity index (χ1) is 14.9. The number of nitrogens with one attached hydrogen (secondary N) is 2. The van der Waals surface area contributed by atoms with Crippen LogP contribution in [-0.2, 0) is 16.1 Å². The summed E-state index contributed by atoms with van der Waals surface area (Å²) in [5.41, 5.74) is 1.96. The number of anilines is 1. The number of hydrogen-bond donors (Lipinski definition) is 2. The zero-order chi connectivity index (χ0) is 22.4. The Morgan fingerprint density at radius 3 is 2.58 bits per heavy atom. The van der Waals surface area contributed by atoms with Crippen LogP contribution in [0.5, 0.6) is 5.75 Å². The number of carbonyl (C=O) groups excluding carboxylic acids is 3. The molecular weight excluding hydrogens is 394 g/mol. The van der Waals surface area contributed by atoms with E-state index in [-0.39, 0.29) is 23.6 Å². The molecule has 1 atom stereocenters. The van der Waals surface area contributed by atoms with Crippen LogP contribution in [0.25, 0.3) is 0 Å². The van der Waals surface area contributed by atoms with E-state index in [1.807, 2.05) is 36.9 Å². The van der Waals surface area contributed by atoms with E-state index >= 15 is 0 Å². The smallest absolute Gasteiger partial charge is 0.255 e. The van der Waals surface area contributed by atoms with Gasteiger partial charge < -0.3 is 20.3 Å². The van der Waals surface area contributed by atoms with Crippen molar-refractivity contribution in [1.82, 2.24) is 10.2 Å². The molecule has 3 rings (SSSR count). The molecule has 0 saturated carbocycles. The molecule has 0 spiro atoms. The average Bonchev–Trinajstić information content (AvgIpc) is 3.16. The molecule has 0 aromatic heterocycles. The van der Waals surface area contributed by atoms with Gasteiger partial charge in [-0.05, 0) is 42.2 Å². The van der Waals surface area contributed by atoms with E-state index < -0.39 is 6.04 Å². The molecule has 1 unspecified atom stereocenters. The maximum atomic E-state index is 13.0. The van der Waals surface area contributed by atoms with Crippen LogP contribution in [0.4, 0.5) is 5.69 Å². The van der Waals surface area contributed by atoms with Gasteiger partial charge in [-0.3, -0.25) is 14.4 Å². The van der Waals surface area contributed by atoms with Crippen molar-refractivity contribution in [3.63, 3.8) is 0 Å². The van der Waals surface area contributed by atoms with Crippen LogP contribution < -0.4 is 15.4 Å². The van der Waals surface area contributed by atoms with Gasteiger partial charge in [0.15, 0.2) is 0 Å². The van der Waals surface area contributed by atoms with Crippen LogP contribution in [-0.4, -0.2) is 42.3 Å². The van der Waals surface area contributed by atoms with E-state index in [1.165, 1.54) is 7.11 Å². The van der Waals surface area contributed by atoms with Gasteiger partial charge >= 0.3 is 0 Å². The molecule has 1 fully saturated rings. The molecule has 1 saturated heterocycles. The number of hydrogen-bond acceptors (Lipinski definition) is 4. The lowest BCUT2D eigenvalue weighted by molar-refractivity contribution is -0.128. The molecule has 1 heterocycles. The van der Waals surface area contributed by atoms with Crippen molar-refractivity contribution in [3.8, 4) is 5.75 Å². The SMILES string of the molecule is COc1ccccc1C(=O)NC(C(=O)Nc1cccc(CN2CCCC2=O)c1)C(C)C. The quantitative estimate of drug-likeness (QED) is 0.683. The third kappa shape index (κ3) is 5.63. The number of methoxy groups -OCH3 is 1. The maximum absolute atomic E-state index is 13.0. The van der Waals surface area contributed by atoms with Gasteiger partial charge in [0, 0.05) is 25.2 Å². The molecule has 2 N–H and O–H groups in total. The fraction of sp³-hybridized carbons (Fsp3) is 0.375. The Bertz CT molecular complexity index is 957. The molecule has 2 aromatic carbocycles. The van der Waals surface area contributed by atoms with E-state index in [2.05, 4.69) is 10.6 Å². The van der Waals surface area contributed by atoms with Crippen molar-refractivity contribution >= 4 is 23.4 Å². The summed E-state index contributed by atoms with van der Waals surface area (Å²) in [6.45, 7) is 5.05. The van der Waals surface area contributed by atoms with E-state index in [0.717, 1.165) is 18.5 Å². The van der Waals surface area contributed by atoms with E-state index in [1.54, 1.807) is 30.3 Å².